The number of fused-ring (bicyclic) bond motifs is 3. The van der Waals surface area contributed by atoms with Gasteiger partial charge >= 0.3 is 5.97 Å². The molecule has 0 saturated carbocycles. The average Bonchev–Trinajstić information content (AvgIpc) is 3.00. The first-order valence-electron chi connectivity index (χ1n) is 8.53. The summed E-state index contributed by atoms with van der Waals surface area (Å²) in [6.45, 7) is 6.55. The van der Waals surface area contributed by atoms with Crippen molar-refractivity contribution in [2.24, 2.45) is 0 Å². The molecule has 26 heavy (non-hydrogen) atoms. The van der Waals surface area contributed by atoms with Crippen LogP contribution >= 0.6 is 0 Å². The van der Waals surface area contributed by atoms with Gasteiger partial charge in [0.25, 0.3) is 0 Å². The summed E-state index contributed by atoms with van der Waals surface area (Å²) in [4.78, 5) is 11.5. The highest BCUT2D eigenvalue weighted by atomic mass is 16.4. The minimum Gasteiger partial charge on any atom is -0.507 e. The molecule has 0 spiro atoms. The number of aromatic carboxylic acids is 1. The molecule has 0 amide bonds. The van der Waals surface area contributed by atoms with E-state index in [0.29, 0.717) is 12.1 Å². The standard InChI is InChI=1S/C21H20N2O3/c1-12-18-15(9-14(19(12)24)20(25)26)21(2,3)11-23-17(18)10-16(22-23)13-7-5-4-6-8-13/h4-10,24H,11H2,1-3H3,(H,25,26). The fourth-order valence-electron chi connectivity index (χ4n) is 3.78. The smallest absolute Gasteiger partial charge is 0.339 e. The van der Waals surface area contributed by atoms with Crippen LogP contribution in [0.4, 0.5) is 0 Å². The molecule has 4 rings (SSSR count). The predicted octanol–water partition coefficient (Wildman–Crippen LogP) is 4.22. The molecule has 0 atom stereocenters. The lowest BCUT2D eigenvalue weighted by Crippen LogP contribution is -2.31. The van der Waals surface area contributed by atoms with Gasteiger partial charge in [0, 0.05) is 22.1 Å². The van der Waals surface area contributed by atoms with E-state index in [-0.39, 0.29) is 16.7 Å². The summed E-state index contributed by atoms with van der Waals surface area (Å²) in [5, 5.41) is 24.6. The van der Waals surface area contributed by atoms with Gasteiger partial charge < -0.3 is 10.2 Å². The number of carboxylic acid groups (broad SMARTS) is 1. The highest BCUT2D eigenvalue weighted by Gasteiger charge is 2.35. The number of aromatic hydroxyl groups is 1. The van der Waals surface area contributed by atoms with Gasteiger partial charge in [0.2, 0.25) is 0 Å². The number of nitrogens with zero attached hydrogens (tertiary/aromatic N) is 2. The van der Waals surface area contributed by atoms with Gasteiger partial charge in [0.15, 0.2) is 0 Å². The third-order valence-electron chi connectivity index (χ3n) is 5.15. The summed E-state index contributed by atoms with van der Waals surface area (Å²) in [7, 11) is 0. The molecule has 2 heterocycles. The molecule has 0 fully saturated rings. The summed E-state index contributed by atoms with van der Waals surface area (Å²) >= 11 is 0. The van der Waals surface area contributed by atoms with Crippen LogP contribution < -0.4 is 0 Å². The summed E-state index contributed by atoms with van der Waals surface area (Å²) in [5.74, 6) is -1.30. The average molecular weight is 348 g/mol. The van der Waals surface area contributed by atoms with E-state index < -0.39 is 5.97 Å². The number of hydrogen-bond acceptors (Lipinski definition) is 3. The van der Waals surface area contributed by atoms with Crippen LogP contribution in [-0.4, -0.2) is 26.0 Å². The van der Waals surface area contributed by atoms with Gasteiger partial charge in [0.1, 0.15) is 11.3 Å². The Morgan fingerprint density at radius 1 is 1.19 bits per heavy atom. The topological polar surface area (TPSA) is 75.3 Å². The summed E-state index contributed by atoms with van der Waals surface area (Å²) in [5.41, 5.74) is 4.83. The van der Waals surface area contributed by atoms with Gasteiger partial charge in [0.05, 0.1) is 17.9 Å². The van der Waals surface area contributed by atoms with E-state index in [1.165, 1.54) is 0 Å². The molecule has 1 aromatic heterocycles. The minimum absolute atomic E-state index is 0.0504. The number of hydrogen-bond donors (Lipinski definition) is 2. The van der Waals surface area contributed by atoms with Crippen molar-refractivity contribution in [2.45, 2.75) is 32.7 Å². The molecule has 1 aliphatic rings. The van der Waals surface area contributed by atoms with Crippen molar-refractivity contribution < 1.29 is 15.0 Å². The number of aromatic nitrogens is 2. The monoisotopic (exact) mass is 348 g/mol. The van der Waals surface area contributed by atoms with Crippen LogP contribution in [0.1, 0.15) is 35.3 Å². The molecule has 1 aliphatic heterocycles. The molecule has 3 aromatic rings. The highest BCUT2D eigenvalue weighted by molar-refractivity contribution is 5.94. The zero-order valence-electron chi connectivity index (χ0n) is 14.9. The first kappa shape index (κ1) is 16.4. The number of benzene rings is 2. The van der Waals surface area contributed by atoms with Crippen LogP contribution in [0, 0.1) is 6.92 Å². The molecule has 0 unspecified atom stereocenters. The zero-order valence-corrected chi connectivity index (χ0v) is 14.9. The van der Waals surface area contributed by atoms with E-state index >= 15 is 0 Å². The Balaban J connectivity index is 1.99. The van der Waals surface area contributed by atoms with E-state index in [2.05, 4.69) is 13.8 Å². The van der Waals surface area contributed by atoms with Crippen molar-refractivity contribution in [3.63, 3.8) is 0 Å². The number of rotatable bonds is 2. The molecular formula is C21H20N2O3. The third-order valence-corrected chi connectivity index (χ3v) is 5.15. The quantitative estimate of drug-likeness (QED) is 0.727. The van der Waals surface area contributed by atoms with Crippen molar-refractivity contribution >= 4 is 5.97 Å². The summed E-state index contributed by atoms with van der Waals surface area (Å²) in [6.07, 6.45) is 0. The van der Waals surface area contributed by atoms with Crippen LogP contribution in [0.25, 0.3) is 22.5 Å². The molecule has 0 aliphatic carbocycles. The maximum absolute atomic E-state index is 11.5. The molecule has 0 saturated heterocycles. The predicted molar refractivity (Wildman–Crippen MR) is 99.5 cm³/mol. The van der Waals surface area contributed by atoms with Crippen LogP contribution in [-0.2, 0) is 12.0 Å². The van der Waals surface area contributed by atoms with Gasteiger partial charge in [-0.15, -0.1) is 0 Å². The van der Waals surface area contributed by atoms with E-state index in [0.717, 1.165) is 28.1 Å². The van der Waals surface area contributed by atoms with E-state index in [9.17, 15) is 15.0 Å². The SMILES string of the molecule is Cc1c(O)c(C(=O)O)cc2c1-c1cc(-c3ccccc3)nn1CC2(C)C. The van der Waals surface area contributed by atoms with Gasteiger partial charge in [-0.25, -0.2) is 4.79 Å². The molecule has 0 radical (unpaired) electrons. The van der Waals surface area contributed by atoms with E-state index in [1.807, 2.05) is 41.1 Å². The van der Waals surface area contributed by atoms with Crippen LogP contribution in [0.5, 0.6) is 5.75 Å². The molecule has 5 nitrogen and oxygen atoms in total. The van der Waals surface area contributed by atoms with Crippen LogP contribution in [0.3, 0.4) is 0 Å². The second kappa shape index (κ2) is 5.46. The number of phenols is 1. The Bertz CT molecular complexity index is 1030. The van der Waals surface area contributed by atoms with Crippen molar-refractivity contribution in [3.8, 4) is 28.3 Å². The molecule has 2 N–H and O–H groups in total. The lowest BCUT2D eigenvalue weighted by atomic mass is 9.76. The van der Waals surface area contributed by atoms with Crippen molar-refractivity contribution in [1.82, 2.24) is 9.78 Å². The lowest BCUT2D eigenvalue weighted by molar-refractivity contribution is 0.0693. The maximum atomic E-state index is 11.5. The Morgan fingerprint density at radius 3 is 2.54 bits per heavy atom. The Morgan fingerprint density at radius 2 is 1.88 bits per heavy atom. The fourth-order valence-corrected chi connectivity index (χ4v) is 3.78. The van der Waals surface area contributed by atoms with Crippen LogP contribution in [0.2, 0.25) is 0 Å². The van der Waals surface area contributed by atoms with Crippen molar-refractivity contribution in [3.05, 3.63) is 59.2 Å². The van der Waals surface area contributed by atoms with Gasteiger partial charge in [-0.2, -0.15) is 5.10 Å². The highest BCUT2D eigenvalue weighted by Crippen LogP contribution is 2.46. The number of carbonyl (C=O) groups is 1. The van der Waals surface area contributed by atoms with Crippen molar-refractivity contribution in [1.29, 1.82) is 0 Å². The second-order valence-corrected chi connectivity index (χ2v) is 7.45. The molecular weight excluding hydrogens is 328 g/mol. The third kappa shape index (κ3) is 2.31. The fraction of sp³-hybridized carbons (Fsp3) is 0.238. The van der Waals surface area contributed by atoms with Gasteiger partial charge in [-0.3, -0.25) is 4.68 Å². The first-order valence-corrected chi connectivity index (χ1v) is 8.53. The van der Waals surface area contributed by atoms with Gasteiger partial charge in [-0.05, 0) is 24.6 Å². The lowest BCUT2D eigenvalue weighted by Gasteiger charge is -2.34. The largest absolute Gasteiger partial charge is 0.507 e. The Kier molecular flexibility index (Phi) is 3.44. The minimum atomic E-state index is -1.12. The molecule has 0 bridgehead atoms. The van der Waals surface area contributed by atoms with Crippen molar-refractivity contribution in [2.75, 3.05) is 0 Å². The summed E-state index contributed by atoms with van der Waals surface area (Å²) in [6, 6.07) is 13.6. The molecule has 5 heteroatoms. The summed E-state index contributed by atoms with van der Waals surface area (Å²) < 4.78 is 1.96. The zero-order chi connectivity index (χ0) is 18.6. The normalized spacial score (nSPS) is 14.6. The second-order valence-electron chi connectivity index (χ2n) is 7.45. The van der Waals surface area contributed by atoms with Gasteiger partial charge in [-0.1, -0.05) is 44.2 Å². The molecule has 2 aromatic carbocycles. The maximum Gasteiger partial charge on any atom is 0.339 e. The number of carboxylic acids is 1. The first-order chi connectivity index (χ1) is 12.3. The Labute approximate surface area is 151 Å². The van der Waals surface area contributed by atoms with E-state index in [1.54, 1.807) is 13.0 Å². The van der Waals surface area contributed by atoms with Crippen LogP contribution in [0.15, 0.2) is 42.5 Å². The van der Waals surface area contributed by atoms with E-state index in [4.69, 9.17) is 5.10 Å². The Hall–Kier alpha value is -3.08. The molecule has 132 valence electrons.